The van der Waals surface area contributed by atoms with E-state index in [1.807, 2.05) is 11.8 Å². The van der Waals surface area contributed by atoms with E-state index < -0.39 is 5.82 Å². The molecule has 1 aromatic rings. The summed E-state index contributed by atoms with van der Waals surface area (Å²) in [6.45, 7) is 5.25. The zero-order chi connectivity index (χ0) is 17.9. The summed E-state index contributed by atoms with van der Waals surface area (Å²) in [6, 6.07) is 4.26. The molecule has 0 N–H and O–H groups in total. The van der Waals surface area contributed by atoms with Crippen molar-refractivity contribution >= 4 is 5.91 Å². The first kappa shape index (κ1) is 18.1. The number of piperidine rings is 1. The summed E-state index contributed by atoms with van der Waals surface area (Å²) in [5.41, 5.74) is 0.298. The molecule has 3 rings (SSSR count). The third-order valence-electron chi connectivity index (χ3n) is 5.27. The predicted octanol–water partition coefficient (Wildman–Crippen LogP) is 2.88. The lowest BCUT2D eigenvalue weighted by atomic mass is 9.73. The highest BCUT2D eigenvalue weighted by Gasteiger charge is 2.47. The molecule has 25 heavy (non-hydrogen) atoms. The summed E-state index contributed by atoms with van der Waals surface area (Å²) in [7, 11) is 1.40. The number of hydrogen-bond acceptors (Lipinski definition) is 4. The van der Waals surface area contributed by atoms with Crippen LogP contribution in [-0.2, 0) is 9.47 Å². The highest BCUT2D eigenvalue weighted by Crippen LogP contribution is 2.41. The molecule has 2 fully saturated rings. The Balaban J connectivity index is 1.79. The van der Waals surface area contributed by atoms with Crippen molar-refractivity contribution in [3.05, 3.63) is 29.6 Å². The zero-order valence-corrected chi connectivity index (χ0v) is 14.9. The van der Waals surface area contributed by atoms with Crippen molar-refractivity contribution in [3.63, 3.8) is 0 Å². The third kappa shape index (κ3) is 3.65. The molecule has 2 aliphatic heterocycles. The van der Waals surface area contributed by atoms with Gasteiger partial charge in [-0.15, -0.1) is 0 Å². The number of amides is 1. The molecule has 0 aliphatic carbocycles. The van der Waals surface area contributed by atoms with Crippen LogP contribution >= 0.6 is 0 Å². The second-order valence-electron chi connectivity index (χ2n) is 6.83. The molecule has 0 unspecified atom stereocenters. The number of nitrogens with zero attached hydrogens (tertiary/aromatic N) is 1. The van der Waals surface area contributed by atoms with Crippen LogP contribution in [0.4, 0.5) is 4.39 Å². The van der Waals surface area contributed by atoms with Crippen molar-refractivity contribution in [3.8, 4) is 5.75 Å². The Morgan fingerprint density at radius 3 is 3.08 bits per heavy atom. The fraction of sp³-hybridized carbons (Fsp3) is 0.632. The highest BCUT2D eigenvalue weighted by molar-refractivity contribution is 5.94. The number of carbonyl (C=O) groups is 1. The van der Waals surface area contributed by atoms with Gasteiger partial charge >= 0.3 is 0 Å². The Kier molecular flexibility index (Phi) is 5.59. The quantitative estimate of drug-likeness (QED) is 0.818. The van der Waals surface area contributed by atoms with E-state index in [1.54, 1.807) is 0 Å². The Bertz CT molecular complexity index is 623. The van der Waals surface area contributed by atoms with Crippen molar-refractivity contribution in [2.24, 2.45) is 5.41 Å². The lowest BCUT2D eigenvalue weighted by molar-refractivity contribution is -0.146. The van der Waals surface area contributed by atoms with Gasteiger partial charge in [-0.3, -0.25) is 4.79 Å². The number of halogens is 1. The predicted molar refractivity (Wildman–Crippen MR) is 91.4 cm³/mol. The Hall–Kier alpha value is -1.66. The van der Waals surface area contributed by atoms with Crippen molar-refractivity contribution in [1.82, 2.24) is 4.90 Å². The summed E-state index contributed by atoms with van der Waals surface area (Å²) in [6.07, 6.45) is 2.92. The van der Waals surface area contributed by atoms with Gasteiger partial charge in [-0.05, 0) is 44.4 Å². The van der Waals surface area contributed by atoms with Crippen LogP contribution in [0, 0.1) is 11.2 Å². The lowest BCUT2D eigenvalue weighted by Gasteiger charge is -2.50. The molecule has 2 heterocycles. The molecule has 2 saturated heterocycles. The van der Waals surface area contributed by atoms with E-state index in [4.69, 9.17) is 14.2 Å². The molecule has 1 amide bonds. The first-order chi connectivity index (χ1) is 12.1. The van der Waals surface area contributed by atoms with E-state index >= 15 is 0 Å². The fourth-order valence-corrected chi connectivity index (χ4v) is 3.96. The number of rotatable bonds is 5. The van der Waals surface area contributed by atoms with Crippen molar-refractivity contribution in [2.45, 2.75) is 32.3 Å². The Morgan fingerprint density at radius 1 is 1.48 bits per heavy atom. The van der Waals surface area contributed by atoms with Gasteiger partial charge in [0.2, 0.25) is 0 Å². The smallest absolute Gasteiger partial charge is 0.254 e. The van der Waals surface area contributed by atoms with Gasteiger partial charge in [0.25, 0.3) is 5.91 Å². The second-order valence-corrected chi connectivity index (χ2v) is 6.83. The number of carbonyl (C=O) groups excluding carboxylic acids is 1. The van der Waals surface area contributed by atoms with Gasteiger partial charge in [-0.25, -0.2) is 4.39 Å². The number of ether oxygens (including phenoxy) is 3. The maximum atomic E-state index is 13.6. The standard InChI is InChI=1S/C19H26FNO4/c1-3-24-13-19-8-4-10-25-17(19)7-9-21(12-19)18(22)14-5-6-15(20)16(11-14)23-2/h5-6,11,17H,3-4,7-10,12-13H2,1-2H3/t17-,19+/m1/s1. The zero-order valence-electron chi connectivity index (χ0n) is 14.9. The molecular formula is C19H26FNO4. The molecule has 6 heteroatoms. The van der Waals surface area contributed by atoms with Crippen molar-refractivity contribution in [2.75, 3.05) is 40.0 Å². The van der Waals surface area contributed by atoms with Crippen LogP contribution in [0.2, 0.25) is 0 Å². The van der Waals surface area contributed by atoms with E-state index in [1.165, 1.54) is 25.3 Å². The van der Waals surface area contributed by atoms with Crippen LogP contribution in [0.3, 0.4) is 0 Å². The van der Waals surface area contributed by atoms with Crippen molar-refractivity contribution < 1.29 is 23.4 Å². The normalized spacial score (nSPS) is 26.2. The van der Waals surface area contributed by atoms with Crippen LogP contribution < -0.4 is 4.74 Å². The highest BCUT2D eigenvalue weighted by atomic mass is 19.1. The van der Waals surface area contributed by atoms with E-state index in [9.17, 15) is 9.18 Å². The number of fused-ring (bicyclic) bond motifs is 1. The van der Waals surface area contributed by atoms with E-state index in [2.05, 4.69) is 0 Å². The monoisotopic (exact) mass is 351 g/mol. The SMILES string of the molecule is CCOC[C@@]12CCCO[C@@H]1CCN(C(=O)c1ccc(F)c(OC)c1)C2. The molecule has 1 aromatic carbocycles. The number of methoxy groups -OCH3 is 1. The van der Waals surface area contributed by atoms with Gasteiger partial charge in [0.05, 0.1) is 19.8 Å². The second kappa shape index (κ2) is 7.70. The minimum atomic E-state index is -0.466. The van der Waals surface area contributed by atoms with Crippen molar-refractivity contribution in [1.29, 1.82) is 0 Å². The molecule has 2 aliphatic rings. The number of likely N-dealkylation sites (tertiary alicyclic amines) is 1. The summed E-state index contributed by atoms with van der Waals surface area (Å²) < 4.78 is 30.3. The summed E-state index contributed by atoms with van der Waals surface area (Å²) >= 11 is 0. The van der Waals surface area contributed by atoms with Crippen LogP contribution in [0.5, 0.6) is 5.75 Å². The summed E-state index contributed by atoms with van der Waals surface area (Å²) in [5, 5.41) is 0. The topological polar surface area (TPSA) is 48.0 Å². The molecule has 0 bridgehead atoms. The first-order valence-corrected chi connectivity index (χ1v) is 8.92. The fourth-order valence-electron chi connectivity index (χ4n) is 3.96. The molecule has 2 atom stereocenters. The average Bonchev–Trinajstić information content (AvgIpc) is 2.65. The molecule has 0 aromatic heterocycles. The van der Waals surface area contributed by atoms with E-state index in [0.717, 1.165) is 25.9 Å². The Morgan fingerprint density at radius 2 is 2.32 bits per heavy atom. The van der Waals surface area contributed by atoms with Gasteiger partial charge in [0.15, 0.2) is 11.6 Å². The molecule has 0 saturated carbocycles. The average molecular weight is 351 g/mol. The maximum Gasteiger partial charge on any atom is 0.254 e. The van der Waals surface area contributed by atoms with Gasteiger partial charge in [-0.2, -0.15) is 0 Å². The minimum absolute atomic E-state index is 0.0887. The van der Waals surface area contributed by atoms with Crippen LogP contribution in [0.25, 0.3) is 0 Å². The van der Waals surface area contributed by atoms with Crippen LogP contribution in [0.15, 0.2) is 18.2 Å². The van der Waals surface area contributed by atoms with Gasteiger partial charge in [0.1, 0.15) is 0 Å². The number of hydrogen-bond donors (Lipinski definition) is 0. The third-order valence-corrected chi connectivity index (χ3v) is 5.27. The molecular weight excluding hydrogens is 325 g/mol. The summed E-state index contributed by atoms with van der Waals surface area (Å²) in [5.74, 6) is -0.477. The molecule has 5 nitrogen and oxygen atoms in total. The largest absolute Gasteiger partial charge is 0.494 e. The maximum absolute atomic E-state index is 13.6. The van der Waals surface area contributed by atoms with Gasteiger partial charge in [-0.1, -0.05) is 0 Å². The Labute approximate surface area is 148 Å². The van der Waals surface area contributed by atoms with Crippen LogP contribution in [-0.4, -0.2) is 56.9 Å². The minimum Gasteiger partial charge on any atom is -0.494 e. The molecule has 138 valence electrons. The summed E-state index contributed by atoms with van der Waals surface area (Å²) in [4.78, 5) is 14.8. The van der Waals surface area contributed by atoms with Gasteiger partial charge < -0.3 is 19.1 Å². The van der Waals surface area contributed by atoms with E-state index in [-0.39, 0.29) is 23.2 Å². The lowest BCUT2D eigenvalue weighted by Crippen LogP contribution is -2.58. The molecule has 0 spiro atoms. The van der Waals surface area contributed by atoms with Crippen LogP contribution in [0.1, 0.15) is 36.5 Å². The first-order valence-electron chi connectivity index (χ1n) is 8.92. The van der Waals surface area contributed by atoms with E-state index in [0.29, 0.717) is 31.9 Å². The molecule has 0 radical (unpaired) electrons. The van der Waals surface area contributed by atoms with Gasteiger partial charge in [0, 0.05) is 37.3 Å². The number of benzene rings is 1.